The SMILES string of the molecule is C=CCn1c(SCC(=O)Nc2ccc(Br)cc2F)nnc1-c1ccc(N)cc1. The molecular weight excluding hydrogens is 445 g/mol. The average molecular weight is 462 g/mol. The molecule has 2 aromatic carbocycles. The third-order valence-corrected chi connectivity index (χ3v) is 5.19. The maximum absolute atomic E-state index is 13.9. The molecule has 9 heteroatoms. The number of halogens is 2. The number of benzene rings is 2. The second-order valence-corrected chi connectivity index (χ2v) is 7.65. The molecule has 3 aromatic rings. The van der Waals surface area contributed by atoms with Crippen LogP contribution in [0.1, 0.15) is 0 Å². The molecule has 3 N–H and O–H groups in total. The lowest BCUT2D eigenvalue weighted by molar-refractivity contribution is -0.113. The van der Waals surface area contributed by atoms with Crippen LogP contribution < -0.4 is 11.1 Å². The summed E-state index contributed by atoms with van der Waals surface area (Å²) in [6.07, 6.45) is 1.73. The van der Waals surface area contributed by atoms with Crippen LogP contribution >= 0.6 is 27.7 Å². The molecule has 0 atom stereocenters. The van der Waals surface area contributed by atoms with Crippen molar-refractivity contribution in [2.45, 2.75) is 11.7 Å². The molecule has 1 amide bonds. The zero-order valence-electron chi connectivity index (χ0n) is 14.7. The lowest BCUT2D eigenvalue weighted by Gasteiger charge is -2.09. The number of allylic oxidation sites excluding steroid dienone is 1. The first kappa shape index (κ1) is 20.1. The monoisotopic (exact) mass is 461 g/mol. The molecular formula is C19H17BrFN5OS. The average Bonchev–Trinajstić information content (AvgIpc) is 3.06. The molecule has 0 bridgehead atoms. The van der Waals surface area contributed by atoms with E-state index in [2.05, 4.69) is 38.0 Å². The van der Waals surface area contributed by atoms with Crippen molar-refractivity contribution in [2.75, 3.05) is 16.8 Å². The molecule has 28 heavy (non-hydrogen) atoms. The van der Waals surface area contributed by atoms with Crippen molar-refractivity contribution < 1.29 is 9.18 Å². The number of carbonyl (C=O) groups is 1. The summed E-state index contributed by atoms with van der Waals surface area (Å²) in [5, 5.41) is 11.5. The van der Waals surface area contributed by atoms with Crippen LogP contribution in [0.4, 0.5) is 15.8 Å². The summed E-state index contributed by atoms with van der Waals surface area (Å²) >= 11 is 4.40. The topological polar surface area (TPSA) is 85.8 Å². The third kappa shape index (κ3) is 4.79. The Morgan fingerprint density at radius 3 is 2.71 bits per heavy atom. The lowest BCUT2D eigenvalue weighted by atomic mass is 10.2. The van der Waals surface area contributed by atoms with Gasteiger partial charge in [-0.15, -0.1) is 16.8 Å². The number of rotatable bonds is 7. The summed E-state index contributed by atoms with van der Waals surface area (Å²) in [6, 6.07) is 11.7. The number of aromatic nitrogens is 3. The van der Waals surface area contributed by atoms with Crippen LogP contribution in [-0.2, 0) is 11.3 Å². The quantitative estimate of drug-likeness (QED) is 0.310. The first-order chi connectivity index (χ1) is 13.5. The van der Waals surface area contributed by atoms with Gasteiger partial charge in [-0.3, -0.25) is 9.36 Å². The molecule has 0 saturated heterocycles. The molecule has 0 spiro atoms. The van der Waals surface area contributed by atoms with Crippen molar-refractivity contribution in [3.63, 3.8) is 0 Å². The molecule has 0 radical (unpaired) electrons. The minimum absolute atomic E-state index is 0.0620. The van der Waals surface area contributed by atoms with Crippen LogP contribution in [0.25, 0.3) is 11.4 Å². The molecule has 1 heterocycles. The predicted molar refractivity (Wildman–Crippen MR) is 114 cm³/mol. The summed E-state index contributed by atoms with van der Waals surface area (Å²) in [5.41, 5.74) is 7.38. The standard InChI is InChI=1S/C19H17BrFN5OS/c1-2-9-26-18(12-3-6-14(22)7-4-12)24-25-19(26)28-11-17(27)23-16-8-5-13(20)10-15(16)21/h2-8,10H,1,9,11,22H2,(H,23,27). The van der Waals surface area contributed by atoms with E-state index in [-0.39, 0.29) is 17.3 Å². The van der Waals surface area contributed by atoms with E-state index < -0.39 is 5.82 Å². The van der Waals surface area contributed by atoms with E-state index in [1.807, 2.05) is 16.7 Å². The fourth-order valence-corrected chi connectivity index (χ4v) is 3.52. The number of amides is 1. The van der Waals surface area contributed by atoms with Gasteiger partial charge < -0.3 is 11.1 Å². The smallest absolute Gasteiger partial charge is 0.234 e. The molecule has 3 rings (SSSR count). The van der Waals surface area contributed by atoms with Gasteiger partial charge in [-0.05, 0) is 42.5 Å². The number of nitrogens with zero attached hydrogens (tertiary/aromatic N) is 3. The first-order valence-corrected chi connectivity index (χ1v) is 10.0. The largest absolute Gasteiger partial charge is 0.399 e. The normalized spacial score (nSPS) is 10.6. The lowest BCUT2D eigenvalue weighted by Crippen LogP contribution is -2.15. The van der Waals surface area contributed by atoms with Gasteiger partial charge in [0.1, 0.15) is 5.82 Å². The summed E-state index contributed by atoms with van der Waals surface area (Å²) in [6.45, 7) is 4.25. The van der Waals surface area contributed by atoms with E-state index in [9.17, 15) is 9.18 Å². The fraction of sp³-hybridized carbons (Fsp3) is 0.105. The first-order valence-electron chi connectivity index (χ1n) is 8.25. The Balaban J connectivity index is 1.72. The highest BCUT2D eigenvalue weighted by atomic mass is 79.9. The Morgan fingerprint density at radius 1 is 1.29 bits per heavy atom. The van der Waals surface area contributed by atoms with Gasteiger partial charge in [-0.25, -0.2) is 4.39 Å². The second-order valence-electron chi connectivity index (χ2n) is 5.79. The molecule has 0 aliphatic heterocycles. The Hall–Kier alpha value is -2.65. The van der Waals surface area contributed by atoms with E-state index >= 15 is 0 Å². The van der Waals surface area contributed by atoms with E-state index in [0.717, 1.165) is 5.56 Å². The Morgan fingerprint density at radius 2 is 2.04 bits per heavy atom. The minimum atomic E-state index is -0.506. The Kier molecular flexibility index (Phi) is 6.48. The van der Waals surface area contributed by atoms with Gasteiger partial charge in [0.25, 0.3) is 0 Å². The van der Waals surface area contributed by atoms with Crippen LogP contribution in [0.15, 0.2) is 64.7 Å². The fourth-order valence-electron chi connectivity index (χ4n) is 2.44. The molecule has 0 aliphatic rings. The maximum atomic E-state index is 13.9. The predicted octanol–water partition coefficient (Wildman–Crippen LogP) is 4.35. The molecule has 6 nitrogen and oxygen atoms in total. The molecule has 0 unspecified atom stereocenters. The molecule has 0 saturated carbocycles. The van der Waals surface area contributed by atoms with Gasteiger partial charge >= 0.3 is 0 Å². The van der Waals surface area contributed by atoms with Gasteiger partial charge in [0, 0.05) is 22.3 Å². The number of carbonyl (C=O) groups excluding carboxylic acids is 1. The summed E-state index contributed by atoms with van der Waals surface area (Å²) in [7, 11) is 0. The van der Waals surface area contributed by atoms with Crippen molar-refractivity contribution in [3.05, 3.63) is 65.4 Å². The van der Waals surface area contributed by atoms with Crippen LogP contribution in [0.3, 0.4) is 0 Å². The minimum Gasteiger partial charge on any atom is -0.399 e. The van der Waals surface area contributed by atoms with Gasteiger partial charge in [-0.2, -0.15) is 0 Å². The van der Waals surface area contributed by atoms with Crippen LogP contribution in [-0.4, -0.2) is 26.4 Å². The molecule has 144 valence electrons. The highest BCUT2D eigenvalue weighted by Crippen LogP contribution is 2.25. The van der Waals surface area contributed by atoms with Crippen molar-refractivity contribution in [2.24, 2.45) is 0 Å². The van der Waals surface area contributed by atoms with Crippen LogP contribution in [0.2, 0.25) is 0 Å². The number of hydrogen-bond acceptors (Lipinski definition) is 5. The molecule has 1 aromatic heterocycles. The van der Waals surface area contributed by atoms with E-state index in [4.69, 9.17) is 5.73 Å². The van der Waals surface area contributed by atoms with Gasteiger partial charge in [0.2, 0.25) is 5.91 Å². The Labute approximate surface area is 174 Å². The number of hydrogen-bond donors (Lipinski definition) is 2. The Bertz CT molecular complexity index is 1010. The summed E-state index contributed by atoms with van der Waals surface area (Å²) < 4.78 is 16.3. The maximum Gasteiger partial charge on any atom is 0.234 e. The highest BCUT2D eigenvalue weighted by molar-refractivity contribution is 9.10. The number of anilines is 2. The third-order valence-electron chi connectivity index (χ3n) is 3.73. The van der Waals surface area contributed by atoms with Crippen molar-refractivity contribution in [1.29, 1.82) is 0 Å². The van der Waals surface area contributed by atoms with Gasteiger partial charge in [0.05, 0.1) is 11.4 Å². The number of thioether (sulfide) groups is 1. The van der Waals surface area contributed by atoms with Crippen LogP contribution in [0, 0.1) is 5.82 Å². The second kappa shape index (κ2) is 9.03. The van der Waals surface area contributed by atoms with E-state index in [0.29, 0.717) is 27.7 Å². The summed E-state index contributed by atoms with van der Waals surface area (Å²) in [4.78, 5) is 12.2. The van der Waals surface area contributed by atoms with Crippen LogP contribution in [0.5, 0.6) is 0 Å². The van der Waals surface area contributed by atoms with Crippen molar-refractivity contribution >= 4 is 45.0 Å². The molecule has 0 aliphatic carbocycles. The number of nitrogen functional groups attached to an aromatic ring is 1. The van der Waals surface area contributed by atoms with Crippen molar-refractivity contribution in [3.8, 4) is 11.4 Å². The molecule has 0 fully saturated rings. The summed E-state index contributed by atoms with van der Waals surface area (Å²) in [5.74, 6) is -0.129. The van der Waals surface area contributed by atoms with E-state index in [1.165, 1.54) is 23.9 Å². The van der Waals surface area contributed by atoms with Gasteiger partial charge in [-0.1, -0.05) is 33.8 Å². The number of nitrogens with one attached hydrogen (secondary N) is 1. The highest BCUT2D eigenvalue weighted by Gasteiger charge is 2.15. The van der Waals surface area contributed by atoms with E-state index in [1.54, 1.807) is 24.3 Å². The van der Waals surface area contributed by atoms with Crippen molar-refractivity contribution in [1.82, 2.24) is 14.8 Å². The zero-order chi connectivity index (χ0) is 20.1. The number of nitrogens with two attached hydrogens (primary N) is 1. The van der Waals surface area contributed by atoms with Gasteiger partial charge in [0.15, 0.2) is 11.0 Å². The zero-order valence-corrected chi connectivity index (χ0v) is 17.1.